The van der Waals surface area contributed by atoms with Crippen LogP contribution >= 0.6 is 0 Å². The first-order valence-corrected chi connectivity index (χ1v) is 8.83. The van der Waals surface area contributed by atoms with Crippen LogP contribution in [0.2, 0.25) is 0 Å². The monoisotopic (exact) mass is 357 g/mol. The standard InChI is InChI=1S/C17H20FN7O/c18-13-3-4-14-15(10-13)21-17(20-14)12-5-8-24(9-6-12)16(26)2-1-7-25-11-19-22-23-25/h3-4,10-12H,1-2,5-9H2,(H,20,21). The van der Waals surface area contributed by atoms with Crippen LogP contribution in [-0.2, 0) is 11.3 Å². The van der Waals surface area contributed by atoms with E-state index in [2.05, 4.69) is 25.5 Å². The number of likely N-dealkylation sites (tertiary alicyclic amines) is 1. The number of piperidine rings is 1. The van der Waals surface area contributed by atoms with E-state index in [1.54, 1.807) is 17.1 Å². The van der Waals surface area contributed by atoms with Gasteiger partial charge < -0.3 is 9.88 Å². The smallest absolute Gasteiger partial charge is 0.222 e. The number of hydrogen-bond acceptors (Lipinski definition) is 5. The van der Waals surface area contributed by atoms with Crippen LogP contribution in [0, 0.1) is 5.82 Å². The van der Waals surface area contributed by atoms with Crippen LogP contribution in [0.5, 0.6) is 0 Å². The third kappa shape index (κ3) is 3.56. The van der Waals surface area contributed by atoms with Crippen molar-refractivity contribution in [1.29, 1.82) is 0 Å². The lowest BCUT2D eigenvalue weighted by atomic mass is 9.96. The van der Waals surface area contributed by atoms with E-state index >= 15 is 0 Å². The third-order valence-electron chi connectivity index (χ3n) is 4.87. The van der Waals surface area contributed by atoms with Gasteiger partial charge in [0.2, 0.25) is 5.91 Å². The number of tetrazole rings is 1. The highest BCUT2D eigenvalue weighted by Gasteiger charge is 2.25. The van der Waals surface area contributed by atoms with E-state index in [0.29, 0.717) is 13.0 Å². The Labute approximate surface area is 149 Å². The fraction of sp³-hybridized carbons (Fsp3) is 0.471. The molecule has 0 spiro atoms. The van der Waals surface area contributed by atoms with Gasteiger partial charge in [-0.2, -0.15) is 0 Å². The summed E-state index contributed by atoms with van der Waals surface area (Å²) in [6.07, 6.45) is 4.49. The minimum absolute atomic E-state index is 0.170. The Kier molecular flexibility index (Phi) is 4.59. The molecule has 1 N–H and O–H groups in total. The number of amides is 1. The zero-order chi connectivity index (χ0) is 17.9. The van der Waals surface area contributed by atoms with Crippen LogP contribution in [0.25, 0.3) is 11.0 Å². The molecule has 0 bridgehead atoms. The molecule has 0 atom stereocenters. The minimum Gasteiger partial charge on any atom is -0.343 e. The fourth-order valence-corrected chi connectivity index (χ4v) is 3.43. The van der Waals surface area contributed by atoms with Gasteiger partial charge in [0.25, 0.3) is 0 Å². The number of carbonyl (C=O) groups is 1. The Bertz CT molecular complexity index is 884. The minimum atomic E-state index is -0.269. The summed E-state index contributed by atoms with van der Waals surface area (Å²) in [6, 6.07) is 4.58. The highest BCUT2D eigenvalue weighted by atomic mass is 19.1. The molecule has 26 heavy (non-hydrogen) atoms. The number of aromatic amines is 1. The molecule has 0 unspecified atom stereocenters. The Morgan fingerprint density at radius 2 is 2.15 bits per heavy atom. The van der Waals surface area contributed by atoms with Crippen LogP contribution < -0.4 is 0 Å². The lowest BCUT2D eigenvalue weighted by molar-refractivity contribution is -0.132. The second kappa shape index (κ2) is 7.19. The number of aryl methyl sites for hydroxylation is 1. The van der Waals surface area contributed by atoms with Gasteiger partial charge in [0.15, 0.2) is 0 Å². The van der Waals surface area contributed by atoms with Crippen molar-refractivity contribution in [1.82, 2.24) is 35.1 Å². The Morgan fingerprint density at radius 3 is 2.92 bits per heavy atom. The summed E-state index contributed by atoms with van der Waals surface area (Å²) in [5.74, 6) is 1.06. The molecule has 1 fully saturated rings. The third-order valence-corrected chi connectivity index (χ3v) is 4.87. The Morgan fingerprint density at radius 1 is 1.31 bits per heavy atom. The molecule has 0 radical (unpaired) electrons. The molecule has 2 aromatic heterocycles. The topological polar surface area (TPSA) is 92.6 Å². The Balaban J connectivity index is 1.29. The lowest BCUT2D eigenvalue weighted by Gasteiger charge is -2.31. The summed E-state index contributed by atoms with van der Waals surface area (Å²) in [5, 5.41) is 10.9. The first-order chi connectivity index (χ1) is 12.7. The van der Waals surface area contributed by atoms with Crippen molar-refractivity contribution in [2.75, 3.05) is 13.1 Å². The van der Waals surface area contributed by atoms with Crippen LogP contribution in [0.1, 0.15) is 37.4 Å². The average molecular weight is 357 g/mol. The molecule has 1 amide bonds. The number of halogens is 1. The van der Waals surface area contributed by atoms with E-state index in [4.69, 9.17) is 0 Å². The molecule has 3 heterocycles. The molecule has 0 aliphatic carbocycles. The molecule has 1 saturated heterocycles. The van der Waals surface area contributed by atoms with E-state index in [9.17, 15) is 9.18 Å². The average Bonchev–Trinajstić information content (AvgIpc) is 3.31. The predicted octanol–water partition coefficient (Wildman–Crippen LogP) is 1.87. The van der Waals surface area contributed by atoms with Crippen molar-refractivity contribution in [3.63, 3.8) is 0 Å². The van der Waals surface area contributed by atoms with Gasteiger partial charge in [0, 0.05) is 32.0 Å². The van der Waals surface area contributed by atoms with Gasteiger partial charge in [-0.3, -0.25) is 4.79 Å². The lowest BCUT2D eigenvalue weighted by Crippen LogP contribution is -2.38. The Hall–Kier alpha value is -2.84. The van der Waals surface area contributed by atoms with Crippen LogP contribution in [0.3, 0.4) is 0 Å². The number of nitrogens with one attached hydrogen (secondary N) is 1. The van der Waals surface area contributed by atoms with Gasteiger partial charge in [-0.25, -0.2) is 14.1 Å². The maximum Gasteiger partial charge on any atom is 0.222 e. The molecule has 4 rings (SSSR count). The molecular weight excluding hydrogens is 337 g/mol. The summed E-state index contributed by atoms with van der Waals surface area (Å²) in [5.41, 5.74) is 1.50. The number of imidazole rings is 1. The summed E-state index contributed by atoms with van der Waals surface area (Å²) < 4.78 is 14.9. The van der Waals surface area contributed by atoms with Crippen LogP contribution in [-0.4, -0.2) is 54.1 Å². The van der Waals surface area contributed by atoms with Crippen molar-refractivity contribution in [2.45, 2.75) is 38.1 Å². The molecule has 136 valence electrons. The second-order valence-corrected chi connectivity index (χ2v) is 6.62. The van der Waals surface area contributed by atoms with E-state index in [1.807, 2.05) is 4.90 Å². The number of fused-ring (bicyclic) bond motifs is 1. The quantitative estimate of drug-likeness (QED) is 0.752. The molecule has 8 nitrogen and oxygen atoms in total. The maximum atomic E-state index is 13.3. The molecular formula is C17H20FN7O. The summed E-state index contributed by atoms with van der Waals surface area (Å²) in [4.78, 5) is 22.1. The van der Waals surface area contributed by atoms with E-state index in [0.717, 1.165) is 49.2 Å². The van der Waals surface area contributed by atoms with Crippen molar-refractivity contribution in [3.8, 4) is 0 Å². The normalized spacial score (nSPS) is 15.7. The zero-order valence-corrected chi connectivity index (χ0v) is 14.3. The van der Waals surface area contributed by atoms with Crippen molar-refractivity contribution in [3.05, 3.63) is 36.2 Å². The van der Waals surface area contributed by atoms with E-state index in [-0.39, 0.29) is 17.6 Å². The molecule has 9 heteroatoms. The van der Waals surface area contributed by atoms with Crippen molar-refractivity contribution in [2.24, 2.45) is 0 Å². The number of H-pyrrole nitrogens is 1. The molecule has 0 saturated carbocycles. The SMILES string of the molecule is O=C(CCCn1cnnn1)N1CCC(c2nc3ccc(F)cc3[nH]2)CC1. The second-order valence-electron chi connectivity index (χ2n) is 6.62. The molecule has 3 aromatic rings. The number of aromatic nitrogens is 6. The van der Waals surface area contributed by atoms with Crippen LogP contribution in [0.15, 0.2) is 24.5 Å². The number of benzene rings is 1. The number of nitrogens with zero attached hydrogens (tertiary/aromatic N) is 6. The largest absolute Gasteiger partial charge is 0.343 e. The first kappa shape index (κ1) is 16.6. The van der Waals surface area contributed by atoms with E-state index < -0.39 is 0 Å². The molecule has 1 aliphatic heterocycles. The summed E-state index contributed by atoms with van der Waals surface area (Å²) in [6.45, 7) is 2.09. The zero-order valence-electron chi connectivity index (χ0n) is 14.3. The molecule has 1 aliphatic rings. The highest BCUT2D eigenvalue weighted by Crippen LogP contribution is 2.28. The van der Waals surface area contributed by atoms with E-state index in [1.165, 1.54) is 12.1 Å². The van der Waals surface area contributed by atoms with Gasteiger partial charge in [0.1, 0.15) is 18.0 Å². The summed E-state index contributed by atoms with van der Waals surface area (Å²) in [7, 11) is 0. The van der Waals surface area contributed by atoms with Gasteiger partial charge in [-0.1, -0.05) is 0 Å². The summed E-state index contributed by atoms with van der Waals surface area (Å²) >= 11 is 0. The first-order valence-electron chi connectivity index (χ1n) is 8.83. The van der Waals surface area contributed by atoms with Gasteiger partial charge in [-0.15, -0.1) is 5.10 Å². The van der Waals surface area contributed by atoms with Crippen molar-refractivity contribution >= 4 is 16.9 Å². The number of hydrogen-bond donors (Lipinski definition) is 1. The van der Waals surface area contributed by atoms with Gasteiger partial charge in [0.05, 0.1) is 11.0 Å². The fourth-order valence-electron chi connectivity index (χ4n) is 3.43. The maximum absolute atomic E-state index is 13.3. The number of rotatable bonds is 5. The van der Waals surface area contributed by atoms with Gasteiger partial charge in [-0.05, 0) is 47.9 Å². The molecule has 1 aromatic carbocycles. The number of carbonyl (C=O) groups excluding carboxylic acids is 1. The van der Waals surface area contributed by atoms with Crippen molar-refractivity contribution < 1.29 is 9.18 Å². The highest BCUT2D eigenvalue weighted by molar-refractivity contribution is 5.76. The predicted molar refractivity (Wildman–Crippen MR) is 91.7 cm³/mol. The van der Waals surface area contributed by atoms with Gasteiger partial charge >= 0.3 is 0 Å². The van der Waals surface area contributed by atoms with Crippen LogP contribution in [0.4, 0.5) is 4.39 Å².